The first kappa shape index (κ1) is 7.72. The van der Waals surface area contributed by atoms with Crippen molar-refractivity contribution in [3.63, 3.8) is 0 Å². The van der Waals surface area contributed by atoms with Gasteiger partial charge < -0.3 is 4.98 Å². The summed E-state index contributed by atoms with van der Waals surface area (Å²) in [6.07, 6.45) is 3.23. The molecule has 0 radical (unpaired) electrons. The zero-order valence-corrected chi connectivity index (χ0v) is 6.59. The fraction of sp³-hybridized carbons (Fsp3) is 0.250. The van der Waals surface area contributed by atoms with E-state index in [9.17, 15) is 4.79 Å². The van der Waals surface area contributed by atoms with Crippen LogP contribution in [0.1, 0.15) is 12.5 Å². The number of aromatic amines is 1. The van der Waals surface area contributed by atoms with Gasteiger partial charge in [0, 0.05) is 12.4 Å². The Hall–Kier alpha value is -1.38. The van der Waals surface area contributed by atoms with E-state index in [1.165, 1.54) is 0 Å². The minimum absolute atomic E-state index is 0.136. The molecule has 0 aliphatic carbocycles. The van der Waals surface area contributed by atoms with Gasteiger partial charge in [0.05, 0.1) is 0 Å². The number of aromatic nitrogens is 1. The molecule has 3 nitrogen and oxygen atoms in total. The van der Waals surface area contributed by atoms with Crippen LogP contribution in [-0.4, -0.2) is 11.2 Å². The zero-order valence-electron chi connectivity index (χ0n) is 6.59. The third kappa shape index (κ3) is 1.55. The molecule has 1 rings (SSSR count). The topological polar surface area (TPSA) is 45.2 Å². The van der Waals surface area contributed by atoms with Gasteiger partial charge in [0.1, 0.15) is 5.69 Å². The van der Waals surface area contributed by atoms with Crippen molar-refractivity contribution >= 4 is 11.9 Å². The normalized spacial score (nSPS) is 10.7. The van der Waals surface area contributed by atoms with Gasteiger partial charge in [-0.2, -0.15) is 0 Å². The van der Waals surface area contributed by atoms with Crippen molar-refractivity contribution in [2.24, 2.45) is 4.99 Å². The lowest BCUT2D eigenvalue weighted by Gasteiger charge is -1.94. The van der Waals surface area contributed by atoms with Gasteiger partial charge in [-0.15, -0.1) is 0 Å². The Balaban J connectivity index is 3.32. The highest BCUT2D eigenvalue weighted by Gasteiger charge is 1.97. The summed E-state index contributed by atoms with van der Waals surface area (Å²) in [5.41, 5.74) is 1.25. The van der Waals surface area contributed by atoms with E-state index in [1.54, 1.807) is 19.3 Å². The molecular weight excluding hydrogens is 140 g/mol. The van der Waals surface area contributed by atoms with Crippen molar-refractivity contribution in [1.82, 2.24) is 4.98 Å². The molecule has 0 fully saturated rings. The molecule has 58 valence electrons. The fourth-order valence-corrected chi connectivity index (χ4v) is 0.858. The Morgan fingerprint density at radius 2 is 2.36 bits per heavy atom. The van der Waals surface area contributed by atoms with E-state index in [0.717, 1.165) is 5.56 Å². The summed E-state index contributed by atoms with van der Waals surface area (Å²) < 4.78 is 0. The number of hydrogen-bond acceptors (Lipinski definition) is 2. The lowest BCUT2D eigenvalue weighted by atomic mass is 10.2. The molecule has 3 heteroatoms. The number of nitrogens with one attached hydrogen (secondary N) is 1. The van der Waals surface area contributed by atoms with Crippen molar-refractivity contribution in [2.45, 2.75) is 13.8 Å². The number of hydrogen-bond donors (Lipinski definition) is 1. The SMILES string of the molecule is CC=Nc1c(C)cc[nH]c1=O. The molecule has 0 saturated heterocycles. The van der Waals surface area contributed by atoms with Crippen LogP contribution in [0.25, 0.3) is 0 Å². The highest BCUT2D eigenvalue weighted by atomic mass is 16.1. The second-order valence-corrected chi connectivity index (χ2v) is 2.23. The summed E-state index contributed by atoms with van der Waals surface area (Å²) in [5.74, 6) is 0. The number of pyridine rings is 1. The summed E-state index contributed by atoms with van der Waals surface area (Å²) in [5, 5.41) is 0. The lowest BCUT2D eigenvalue weighted by Crippen LogP contribution is -2.04. The minimum atomic E-state index is -0.136. The Kier molecular flexibility index (Phi) is 2.21. The van der Waals surface area contributed by atoms with Gasteiger partial charge in [0.25, 0.3) is 5.56 Å². The maximum atomic E-state index is 11.1. The van der Waals surface area contributed by atoms with E-state index in [2.05, 4.69) is 9.98 Å². The third-order valence-electron chi connectivity index (χ3n) is 1.39. The van der Waals surface area contributed by atoms with Crippen molar-refractivity contribution in [2.75, 3.05) is 0 Å². The first-order valence-corrected chi connectivity index (χ1v) is 3.42. The molecule has 0 aromatic carbocycles. The Labute approximate surface area is 64.8 Å². The lowest BCUT2D eigenvalue weighted by molar-refractivity contribution is 1.19. The molecule has 0 unspecified atom stereocenters. The molecule has 0 saturated carbocycles. The maximum Gasteiger partial charge on any atom is 0.274 e. The molecule has 0 bridgehead atoms. The van der Waals surface area contributed by atoms with Crippen molar-refractivity contribution in [3.05, 3.63) is 28.2 Å². The number of rotatable bonds is 1. The second-order valence-electron chi connectivity index (χ2n) is 2.23. The molecule has 11 heavy (non-hydrogen) atoms. The van der Waals surface area contributed by atoms with Crippen LogP contribution in [-0.2, 0) is 0 Å². The van der Waals surface area contributed by atoms with Crippen LogP contribution in [0, 0.1) is 6.92 Å². The molecule has 0 atom stereocenters. The van der Waals surface area contributed by atoms with E-state index >= 15 is 0 Å². The largest absolute Gasteiger partial charge is 0.327 e. The predicted octanol–water partition coefficient (Wildman–Crippen LogP) is 1.41. The Morgan fingerprint density at radius 3 is 2.91 bits per heavy atom. The molecule has 1 aromatic rings. The molecule has 0 amide bonds. The first-order chi connectivity index (χ1) is 5.25. The monoisotopic (exact) mass is 150 g/mol. The predicted molar refractivity (Wildman–Crippen MR) is 45.6 cm³/mol. The first-order valence-electron chi connectivity index (χ1n) is 3.42. The zero-order chi connectivity index (χ0) is 8.27. The third-order valence-corrected chi connectivity index (χ3v) is 1.39. The summed E-state index contributed by atoms with van der Waals surface area (Å²) in [6.45, 7) is 3.64. The molecule has 1 aromatic heterocycles. The summed E-state index contributed by atoms with van der Waals surface area (Å²) in [4.78, 5) is 17.6. The number of aryl methyl sites for hydroxylation is 1. The van der Waals surface area contributed by atoms with Crippen LogP contribution in [0.4, 0.5) is 5.69 Å². The van der Waals surface area contributed by atoms with Gasteiger partial charge in [-0.1, -0.05) is 0 Å². The van der Waals surface area contributed by atoms with Crippen molar-refractivity contribution in [1.29, 1.82) is 0 Å². The Morgan fingerprint density at radius 1 is 1.64 bits per heavy atom. The molecule has 0 spiro atoms. The van der Waals surface area contributed by atoms with Gasteiger partial charge in [0.2, 0.25) is 0 Å². The van der Waals surface area contributed by atoms with E-state index in [4.69, 9.17) is 0 Å². The van der Waals surface area contributed by atoms with Gasteiger partial charge in [0.15, 0.2) is 0 Å². The number of aliphatic imine (C=N–C) groups is 1. The van der Waals surface area contributed by atoms with Crippen LogP contribution >= 0.6 is 0 Å². The second kappa shape index (κ2) is 3.14. The average molecular weight is 150 g/mol. The quantitative estimate of drug-likeness (QED) is 0.604. The molecule has 1 N–H and O–H groups in total. The van der Waals surface area contributed by atoms with Crippen LogP contribution in [0.5, 0.6) is 0 Å². The molecule has 0 aliphatic rings. The van der Waals surface area contributed by atoms with Gasteiger partial charge in [-0.05, 0) is 25.5 Å². The molecule has 0 aliphatic heterocycles. The van der Waals surface area contributed by atoms with Gasteiger partial charge in [-0.25, -0.2) is 0 Å². The number of H-pyrrole nitrogens is 1. The van der Waals surface area contributed by atoms with Crippen LogP contribution in [0.2, 0.25) is 0 Å². The van der Waals surface area contributed by atoms with E-state index < -0.39 is 0 Å². The van der Waals surface area contributed by atoms with Crippen LogP contribution < -0.4 is 5.56 Å². The fourth-order valence-electron chi connectivity index (χ4n) is 0.858. The van der Waals surface area contributed by atoms with E-state index in [-0.39, 0.29) is 5.56 Å². The number of nitrogens with zero attached hydrogens (tertiary/aromatic N) is 1. The summed E-state index contributed by atoms with van der Waals surface area (Å²) in [7, 11) is 0. The van der Waals surface area contributed by atoms with E-state index in [0.29, 0.717) is 5.69 Å². The van der Waals surface area contributed by atoms with Crippen LogP contribution in [0.15, 0.2) is 22.1 Å². The van der Waals surface area contributed by atoms with Crippen LogP contribution in [0.3, 0.4) is 0 Å². The molecular formula is C8H10N2O. The highest BCUT2D eigenvalue weighted by molar-refractivity contribution is 5.61. The summed E-state index contributed by atoms with van der Waals surface area (Å²) >= 11 is 0. The average Bonchev–Trinajstić information content (AvgIpc) is 1.97. The molecule has 1 heterocycles. The van der Waals surface area contributed by atoms with Gasteiger partial charge >= 0.3 is 0 Å². The van der Waals surface area contributed by atoms with Crippen molar-refractivity contribution in [3.8, 4) is 0 Å². The maximum absolute atomic E-state index is 11.1. The minimum Gasteiger partial charge on any atom is -0.327 e. The standard InChI is InChI=1S/C8H10N2O/c1-3-9-7-6(2)4-5-10-8(7)11/h3-5H,1-2H3,(H,10,11). The van der Waals surface area contributed by atoms with Gasteiger partial charge in [-0.3, -0.25) is 9.79 Å². The van der Waals surface area contributed by atoms with Crippen molar-refractivity contribution < 1.29 is 0 Å². The smallest absolute Gasteiger partial charge is 0.274 e. The van der Waals surface area contributed by atoms with E-state index in [1.807, 2.05) is 13.0 Å². The Bertz CT molecular complexity index is 325. The summed E-state index contributed by atoms with van der Waals surface area (Å²) in [6, 6.07) is 1.82. The highest BCUT2D eigenvalue weighted by Crippen LogP contribution is 2.08.